The smallest absolute Gasteiger partial charge is 0.330 e. The predicted octanol–water partition coefficient (Wildman–Crippen LogP) is 19.8. The van der Waals surface area contributed by atoms with Gasteiger partial charge in [-0.2, -0.15) is 0 Å². The fraction of sp³-hybridized carbons (Fsp3) is 0.688. The molecule has 0 aliphatic carbocycles. The van der Waals surface area contributed by atoms with Crippen LogP contribution >= 0.6 is 0 Å². The summed E-state index contributed by atoms with van der Waals surface area (Å²) in [5.74, 6) is -1.54. The van der Waals surface area contributed by atoms with E-state index in [1.807, 2.05) is 36.4 Å². The summed E-state index contributed by atoms with van der Waals surface area (Å²) in [6.07, 6.45) is 44.7. The minimum absolute atomic E-state index is 0.0629. The Kier molecular flexibility index (Phi) is 48.6. The largest absolute Gasteiger partial charge is 0.456 e. The monoisotopic (exact) mass is 1630 g/mol. The molecule has 24 heteroatoms. The zero-order chi connectivity index (χ0) is 84.2. The molecule has 2 saturated heterocycles. The molecule has 0 unspecified atom stereocenters. The van der Waals surface area contributed by atoms with Crippen molar-refractivity contribution in [2.24, 2.45) is 0 Å². The maximum absolute atomic E-state index is 13.3. The molecular formula is C93H143N5O19. The minimum atomic E-state index is -1.29. The van der Waals surface area contributed by atoms with E-state index in [-0.39, 0.29) is 48.3 Å². The third-order valence-electron chi connectivity index (χ3n) is 22.0. The number of fused-ring (bicyclic) bond motifs is 2. The molecule has 8 rings (SSSR count). The van der Waals surface area contributed by atoms with Gasteiger partial charge in [0.25, 0.3) is 11.1 Å². The first-order valence-electron chi connectivity index (χ1n) is 45.1. The van der Waals surface area contributed by atoms with Crippen molar-refractivity contribution in [1.29, 1.82) is 0 Å². The van der Waals surface area contributed by atoms with Gasteiger partial charge in [-0.3, -0.25) is 52.7 Å². The Bertz CT molecular complexity index is 3690. The van der Waals surface area contributed by atoms with E-state index in [9.17, 15) is 53.4 Å². The number of carbonyl (C=O) groups excluding carboxylic acids is 5. The average molecular weight is 1640 g/mol. The SMILES string of the molecule is CCCCCCCCCCCCCC(=O)O[C@@H]1[C@H](OC(=O)CCCCCCCCCCCCC)[C@@H](n2cc(-c3cc4ccccc4o3)c(=O)[nH]c2=O)O[C@H]1CO.CCCCCCCCCCCCCC(=O)O[C@@H]1[C@H](OC(=O)CCCCCCCCCCCCC)[C@@H](n2cc(-c3cc4ccccc4o3)c(=O)[nH]c2=O)O[C@H]1CO.CN(C)C=O. The molecule has 24 nitrogen and oxygen atoms in total. The number of amides is 1. The fourth-order valence-electron chi connectivity index (χ4n) is 15.2. The van der Waals surface area contributed by atoms with Gasteiger partial charge in [0.2, 0.25) is 6.41 Å². The molecule has 6 heterocycles. The van der Waals surface area contributed by atoms with Gasteiger partial charge in [0.1, 0.15) is 34.9 Å². The van der Waals surface area contributed by atoms with Crippen LogP contribution in [0.3, 0.4) is 0 Å². The minimum Gasteiger partial charge on any atom is -0.456 e. The van der Waals surface area contributed by atoms with Crippen molar-refractivity contribution in [3.05, 3.63) is 115 Å². The molecule has 1 amide bonds. The highest BCUT2D eigenvalue weighted by Gasteiger charge is 2.52. The number of nitrogens with zero attached hydrogens (tertiary/aromatic N) is 3. The summed E-state index contributed by atoms with van der Waals surface area (Å²) in [5, 5.41) is 22.3. The van der Waals surface area contributed by atoms with Gasteiger partial charge >= 0.3 is 35.3 Å². The molecule has 0 spiro atoms. The van der Waals surface area contributed by atoms with Crippen molar-refractivity contribution < 1.29 is 71.4 Å². The van der Waals surface area contributed by atoms with Crippen molar-refractivity contribution in [3.63, 3.8) is 0 Å². The molecule has 4 aromatic heterocycles. The first kappa shape index (κ1) is 97.9. The van der Waals surface area contributed by atoms with Gasteiger partial charge in [0.05, 0.1) is 24.3 Å². The van der Waals surface area contributed by atoms with E-state index in [4.69, 9.17) is 37.3 Å². The lowest BCUT2D eigenvalue weighted by molar-refractivity contribution is -0.169. The maximum atomic E-state index is 13.3. The lowest BCUT2D eigenvalue weighted by Crippen LogP contribution is -2.42. The van der Waals surface area contributed by atoms with Gasteiger partial charge in [0, 0.05) is 62.9 Å². The summed E-state index contributed by atoms with van der Waals surface area (Å²) >= 11 is 0. The van der Waals surface area contributed by atoms with E-state index in [1.54, 1.807) is 38.4 Å². The van der Waals surface area contributed by atoms with Gasteiger partial charge in [-0.15, -0.1) is 0 Å². The molecule has 2 fully saturated rings. The first-order chi connectivity index (χ1) is 57.0. The Balaban J connectivity index is 0.000000343. The lowest BCUT2D eigenvalue weighted by Gasteiger charge is -2.25. The molecular weight excluding hydrogens is 1490 g/mol. The molecule has 0 saturated carbocycles. The number of hydrogen-bond donors (Lipinski definition) is 4. The number of unbranched alkanes of at least 4 members (excludes halogenated alkanes) is 40. The van der Waals surface area contributed by atoms with Gasteiger partial charge in [-0.25, -0.2) is 9.59 Å². The van der Waals surface area contributed by atoms with E-state index in [1.165, 1.54) is 197 Å². The number of carbonyl (C=O) groups is 5. The molecule has 2 aromatic carbocycles. The molecule has 6 aromatic rings. The number of nitrogens with one attached hydrogen (secondary N) is 2. The summed E-state index contributed by atoms with van der Waals surface area (Å²) in [7, 11) is 3.38. The number of para-hydroxylation sites is 2. The normalized spacial score (nSPS) is 17.6. The van der Waals surface area contributed by atoms with Crippen LogP contribution in [0.25, 0.3) is 44.6 Å². The molecule has 0 bridgehead atoms. The third-order valence-corrected chi connectivity index (χ3v) is 22.0. The molecule has 0 radical (unpaired) electrons. The van der Waals surface area contributed by atoms with Crippen LogP contribution in [0.4, 0.5) is 0 Å². The van der Waals surface area contributed by atoms with Crippen LogP contribution in [0, 0.1) is 0 Å². The third kappa shape index (κ3) is 35.9. The second-order valence-corrected chi connectivity index (χ2v) is 32.2. The molecule has 4 N–H and O–H groups in total. The standard InChI is InChI=1S/2C45H68N2O9.C3H7NO/c2*1-3-5-7-9-11-13-15-17-19-21-23-29-39(49)55-41-38(33-48)54-44(42(41)56-40(50)30-24-22-20-18-16-14-12-10-8-6-4-2)47-32-35(43(51)46-45(47)52)37-31-34-27-25-26-28-36(34)53-37;1-4(2)3-5/h2*25-28,31-32,38,41-42,44,48H,3-24,29-30,33H2,1-2H3,(H,46,51,52);3H,1-2H3/t2*38-,41-,42-,44-;/m00./s1. The highest BCUT2D eigenvalue weighted by molar-refractivity contribution is 5.83. The van der Waals surface area contributed by atoms with Gasteiger partial charge in [-0.05, 0) is 49.9 Å². The average Bonchev–Trinajstić information content (AvgIpc) is 1.66. The number of benzene rings is 2. The summed E-state index contributed by atoms with van der Waals surface area (Å²) in [6.45, 7) is 7.81. The van der Waals surface area contributed by atoms with Crippen LogP contribution in [0.5, 0.6) is 0 Å². The van der Waals surface area contributed by atoms with Crippen LogP contribution in [-0.2, 0) is 52.4 Å². The first-order valence-corrected chi connectivity index (χ1v) is 45.1. The predicted molar refractivity (Wildman–Crippen MR) is 459 cm³/mol. The quantitative estimate of drug-likeness (QED) is 0.0119. The van der Waals surface area contributed by atoms with Gasteiger partial charge in [-0.1, -0.05) is 321 Å². The summed E-state index contributed by atoms with van der Waals surface area (Å²) in [5.41, 5.74) is -1.69. The van der Waals surface area contributed by atoms with Crippen molar-refractivity contribution >= 4 is 52.2 Å². The number of aromatic amines is 2. The highest BCUT2D eigenvalue weighted by atomic mass is 16.7. The van der Waals surface area contributed by atoms with Crippen molar-refractivity contribution in [1.82, 2.24) is 24.0 Å². The Morgan fingerprint density at radius 2 is 0.624 bits per heavy atom. The number of hydrogen-bond acceptors (Lipinski definition) is 19. The molecule has 654 valence electrons. The van der Waals surface area contributed by atoms with Crippen molar-refractivity contribution in [3.8, 4) is 22.6 Å². The fourth-order valence-corrected chi connectivity index (χ4v) is 15.2. The Labute approximate surface area is 694 Å². The molecule has 8 atom stereocenters. The van der Waals surface area contributed by atoms with Gasteiger partial charge < -0.3 is 52.4 Å². The topological polar surface area (TPSA) is 320 Å². The number of esters is 4. The molecule has 2 aliphatic heterocycles. The van der Waals surface area contributed by atoms with E-state index in [0.717, 1.165) is 103 Å². The van der Waals surface area contributed by atoms with E-state index >= 15 is 0 Å². The molecule has 117 heavy (non-hydrogen) atoms. The van der Waals surface area contributed by atoms with Gasteiger partial charge in [0.15, 0.2) is 36.9 Å². The Hall–Kier alpha value is -7.93. The zero-order valence-corrected chi connectivity index (χ0v) is 71.7. The number of aromatic nitrogens is 4. The number of aliphatic hydroxyl groups excluding tert-OH is 2. The highest BCUT2D eigenvalue weighted by Crippen LogP contribution is 2.38. The number of ether oxygens (including phenoxy) is 6. The van der Waals surface area contributed by atoms with Crippen LogP contribution in [0.15, 0.2) is 101 Å². The number of aliphatic hydroxyl groups is 2. The van der Waals surface area contributed by atoms with Crippen molar-refractivity contribution in [2.45, 2.75) is 385 Å². The Morgan fingerprint density at radius 3 is 0.863 bits per heavy atom. The van der Waals surface area contributed by atoms with E-state index in [0.29, 0.717) is 36.8 Å². The van der Waals surface area contributed by atoms with Crippen LogP contribution in [0.1, 0.15) is 348 Å². The Morgan fingerprint density at radius 1 is 0.385 bits per heavy atom. The van der Waals surface area contributed by atoms with E-state index in [2.05, 4.69) is 37.7 Å². The van der Waals surface area contributed by atoms with Crippen LogP contribution < -0.4 is 22.5 Å². The van der Waals surface area contributed by atoms with Crippen LogP contribution in [0.2, 0.25) is 0 Å². The summed E-state index contributed by atoms with van der Waals surface area (Å²) in [4.78, 5) is 121. The number of furan rings is 2. The molecule has 2 aliphatic rings. The zero-order valence-electron chi connectivity index (χ0n) is 71.7. The van der Waals surface area contributed by atoms with Crippen molar-refractivity contribution in [2.75, 3.05) is 27.3 Å². The summed E-state index contributed by atoms with van der Waals surface area (Å²) in [6, 6.07) is 18.0. The second kappa shape index (κ2) is 58.1. The number of rotatable bonds is 59. The second-order valence-electron chi connectivity index (χ2n) is 32.2. The van der Waals surface area contributed by atoms with Crippen LogP contribution in [-0.4, -0.2) is 128 Å². The maximum Gasteiger partial charge on any atom is 0.330 e. The lowest BCUT2D eigenvalue weighted by atomic mass is 10.1. The summed E-state index contributed by atoms with van der Waals surface area (Å²) < 4.78 is 50.1. The van der Waals surface area contributed by atoms with E-state index < -0.39 is 109 Å². The number of H-pyrrole nitrogens is 2.